The highest BCUT2D eigenvalue weighted by molar-refractivity contribution is 6.04. The lowest BCUT2D eigenvalue weighted by Crippen LogP contribution is -2.53. The molecule has 39 heavy (non-hydrogen) atoms. The van der Waals surface area contributed by atoms with Gasteiger partial charge in [-0.3, -0.25) is 19.4 Å². The Kier molecular flexibility index (Phi) is 8.14. The van der Waals surface area contributed by atoms with Gasteiger partial charge in [0.15, 0.2) is 6.61 Å². The number of methoxy groups -OCH3 is 1. The molecule has 5 rings (SSSR count). The second-order valence-electron chi connectivity index (χ2n) is 9.98. The summed E-state index contributed by atoms with van der Waals surface area (Å²) >= 11 is 0. The summed E-state index contributed by atoms with van der Waals surface area (Å²) in [5.74, 6) is 0.691. The van der Waals surface area contributed by atoms with E-state index in [9.17, 15) is 9.59 Å². The number of anilines is 1. The maximum atomic E-state index is 13.7. The fourth-order valence-electron chi connectivity index (χ4n) is 5.17. The fraction of sp³-hybridized carbons (Fsp3) is 0.355. The van der Waals surface area contributed by atoms with Crippen LogP contribution in [0.15, 0.2) is 66.7 Å². The van der Waals surface area contributed by atoms with Crippen LogP contribution in [0, 0.1) is 6.92 Å². The standard InChI is InChI=1S/C31H35N3O5/c1-21-17-29-27(18-28(21)37-3)34(30(35)20-39-29)22(2)31(36)32-26(19-33-13-15-38-16-14-33)25-11-9-24(10-12-25)23-7-5-4-6-8-23/h4-12,17-18,22,26H,13-16,19-20H2,1-3H3,(H,32,36). The minimum atomic E-state index is -0.747. The summed E-state index contributed by atoms with van der Waals surface area (Å²) in [4.78, 5) is 30.5. The number of benzene rings is 3. The molecule has 3 aromatic rings. The Morgan fingerprint density at radius 2 is 1.72 bits per heavy atom. The molecular weight excluding hydrogens is 494 g/mol. The van der Waals surface area contributed by atoms with Gasteiger partial charge in [-0.15, -0.1) is 0 Å². The number of hydrogen-bond donors (Lipinski definition) is 1. The predicted octanol–water partition coefficient (Wildman–Crippen LogP) is 3.97. The summed E-state index contributed by atoms with van der Waals surface area (Å²) in [6.07, 6.45) is 0. The number of nitrogens with zero attached hydrogens (tertiary/aromatic N) is 2. The summed E-state index contributed by atoms with van der Waals surface area (Å²) in [7, 11) is 1.58. The van der Waals surface area contributed by atoms with Crippen LogP contribution in [0.3, 0.4) is 0 Å². The molecule has 2 atom stereocenters. The van der Waals surface area contributed by atoms with E-state index >= 15 is 0 Å². The zero-order valence-electron chi connectivity index (χ0n) is 22.7. The molecule has 0 aromatic heterocycles. The third-order valence-corrected chi connectivity index (χ3v) is 7.40. The Labute approximate surface area is 229 Å². The Hall–Kier alpha value is -3.88. The van der Waals surface area contributed by atoms with Gasteiger partial charge in [0.2, 0.25) is 5.91 Å². The van der Waals surface area contributed by atoms with Crippen LogP contribution in [0.5, 0.6) is 11.5 Å². The average Bonchev–Trinajstić information content (AvgIpc) is 2.97. The summed E-state index contributed by atoms with van der Waals surface area (Å²) in [6, 6.07) is 21.1. The molecule has 8 heteroatoms. The monoisotopic (exact) mass is 529 g/mol. The lowest BCUT2D eigenvalue weighted by Gasteiger charge is -2.35. The van der Waals surface area contributed by atoms with Crippen molar-refractivity contribution in [3.05, 3.63) is 77.9 Å². The van der Waals surface area contributed by atoms with Gasteiger partial charge in [-0.25, -0.2) is 0 Å². The van der Waals surface area contributed by atoms with Gasteiger partial charge in [0, 0.05) is 25.7 Å². The highest BCUT2D eigenvalue weighted by Gasteiger charge is 2.35. The van der Waals surface area contributed by atoms with Crippen molar-refractivity contribution in [3.63, 3.8) is 0 Å². The highest BCUT2D eigenvalue weighted by Crippen LogP contribution is 2.38. The van der Waals surface area contributed by atoms with Gasteiger partial charge >= 0.3 is 0 Å². The van der Waals surface area contributed by atoms with Crippen molar-refractivity contribution in [1.29, 1.82) is 0 Å². The van der Waals surface area contributed by atoms with Gasteiger partial charge in [-0.05, 0) is 42.2 Å². The number of carbonyl (C=O) groups excluding carboxylic acids is 2. The zero-order valence-corrected chi connectivity index (χ0v) is 22.7. The van der Waals surface area contributed by atoms with Crippen molar-refractivity contribution in [1.82, 2.24) is 10.2 Å². The maximum Gasteiger partial charge on any atom is 0.265 e. The van der Waals surface area contributed by atoms with Crippen LogP contribution in [0.2, 0.25) is 0 Å². The van der Waals surface area contributed by atoms with Gasteiger partial charge in [0.05, 0.1) is 32.1 Å². The first-order valence-electron chi connectivity index (χ1n) is 13.3. The second-order valence-corrected chi connectivity index (χ2v) is 9.98. The number of hydrogen-bond acceptors (Lipinski definition) is 6. The van der Waals surface area contributed by atoms with Crippen molar-refractivity contribution >= 4 is 17.5 Å². The first kappa shape index (κ1) is 26.7. The van der Waals surface area contributed by atoms with Crippen LogP contribution < -0.4 is 19.7 Å². The lowest BCUT2D eigenvalue weighted by atomic mass is 10.00. The van der Waals surface area contributed by atoms with Gasteiger partial charge in [0.25, 0.3) is 5.91 Å². The SMILES string of the molecule is COc1cc2c(cc1C)OCC(=O)N2C(C)C(=O)NC(CN1CCOCC1)c1ccc(-c2ccccc2)cc1. The van der Waals surface area contributed by atoms with Crippen molar-refractivity contribution in [2.75, 3.05) is 51.5 Å². The van der Waals surface area contributed by atoms with E-state index in [0.717, 1.165) is 35.3 Å². The Bertz CT molecular complexity index is 1310. The second kappa shape index (κ2) is 11.9. The fourth-order valence-corrected chi connectivity index (χ4v) is 5.17. The molecule has 2 amide bonds. The highest BCUT2D eigenvalue weighted by atomic mass is 16.5. The maximum absolute atomic E-state index is 13.7. The molecule has 0 spiro atoms. The molecule has 2 unspecified atom stereocenters. The first-order chi connectivity index (χ1) is 18.9. The van der Waals surface area contributed by atoms with Crippen molar-refractivity contribution < 1.29 is 23.8 Å². The molecular formula is C31H35N3O5. The largest absolute Gasteiger partial charge is 0.496 e. The van der Waals surface area contributed by atoms with Crippen LogP contribution >= 0.6 is 0 Å². The minimum absolute atomic E-state index is 0.117. The van der Waals surface area contributed by atoms with E-state index in [0.29, 0.717) is 36.9 Å². The first-order valence-corrected chi connectivity index (χ1v) is 13.3. The van der Waals surface area contributed by atoms with Crippen LogP contribution in [0.1, 0.15) is 24.1 Å². The van der Waals surface area contributed by atoms with Crippen molar-refractivity contribution in [2.24, 2.45) is 0 Å². The normalized spacial score (nSPS) is 17.1. The summed E-state index contributed by atoms with van der Waals surface area (Å²) in [6.45, 7) is 7.14. The Morgan fingerprint density at radius 3 is 2.41 bits per heavy atom. The summed E-state index contributed by atoms with van der Waals surface area (Å²) < 4.78 is 16.7. The van der Waals surface area contributed by atoms with Crippen molar-refractivity contribution in [3.8, 4) is 22.6 Å². The summed E-state index contributed by atoms with van der Waals surface area (Å²) in [5.41, 5.74) is 4.69. The van der Waals surface area contributed by atoms with E-state index < -0.39 is 6.04 Å². The number of ether oxygens (including phenoxy) is 3. The number of fused-ring (bicyclic) bond motifs is 1. The minimum Gasteiger partial charge on any atom is -0.496 e. The number of rotatable bonds is 8. The molecule has 1 fully saturated rings. The number of nitrogens with one attached hydrogen (secondary N) is 1. The predicted molar refractivity (Wildman–Crippen MR) is 150 cm³/mol. The smallest absolute Gasteiger partial charge is 0.265 e. The molecule has 0 saturated carbocycles. The van der Waals surface area contributed by atoms with E-state index in [-0.39, 0.29) is 24.5 Å². The zero-order chi connectivity index (χ0) is 27.4. The Morgan fingerprint density at radius 1 is 1.03 bits per heavy atom. The molecule has 0 aliphatic carbocycles. The quantitative estimate of drug-likeness (QED) is 0.476. The molecule has 3 aromatic carbocycles. The molecule has 204 valence electrons. The van der Waals surface area contributed by atoms with E-state index in [1.165, 1.54) is 4.90 Å². The van der Waals surface area contributed by atoms with E-state index in [1.807, 2.05) is 31.2 Å². The van der Waals surface area contributed by atoms with E-state index in [4.69, 9.17) is 14.2 Å². The molecule has 1 N–H and O–H groups in total. The third-order valence-electron chi connectivity index (χ3n) is 7.40. The van der Waals surface area contributed by atoms with E-state index in [1.54, 1.807) is 20.1 Å². The number of aryl methyl sites for hydroxylation is 1. The molecule has 2 heterocycles. The van der Waals surface area contributed by atoms with Crippen LogP contribution in [-0.2, 0) is 14.3 Å². The van der Waals surface area contributed by atoms with Gasteiger partial charge in [0.1, 0.15) is 17.5 Å². The molecule has 1 saturated heterocycles. The molecule has 0 bridgehead atoms. The molecule has 0 radical (unpaired) electrons. The van der Waals surface area contributed by atoms with Crippen LogP contribution in [0.25, 0.3) is 11.1 Å². The number of morpholine rings is 1. The number of amides is 2. The van der Waals surface area contributed by atoms with Gasteiger partial charge < -0.3 is 19.5 Å². The topological polar surface area (TPSA) is 80.3 Å². The van der Waals surface area contributed by atoms with Gasteiger partial charge in [-0.1, -0.05) is 54.6 Å². The van der Waals surface area contributed by atoms with E-state index in [2.05, 4.69) is 46.6 Å². The van der Waals surface area contributed by atoms with Crippen LogP contribution in [0.4, 0.5) is 5.69 Å². The van der Waals surface area contributed by atoms with Crippen molar-refractivity contribution in [2.45, 2.75) is 25.9 Å². The lowest BCUT2D eigenvalue weighted by molar-refractivity contribution is -0.128. The number of carbonyl (C=O) groups is 2. The molecule has 8 nitrogen and oxygen atoms in total. The molecule has 2 aliphatic heterocycles. The Balaban J connectivity index is 1.39. The van der Waals surface area contributed by atoms with Crippen LogP contribution in [-0.4, -0.2) is 69.3 Å². The average molecular weight is 530 g/mol. The third kappa shape index (κ3) is 5.92. The van der Waals surface area contributed by atoms with Gasteiger partial charge in [-0.2, -0.15) is 0 Å². The molecule has 2 aliphatic rings. The summed E-state index contributed by atoms with van der Waals surface area (Å²) in [5, 5.41) is 3.24.